The molecular formula is C42H40Cl2F10N4O14. The lowest BCUT2D eigenvalue weighted by molar-refractivity contribution is -0.211. The Morgan fingerprint density at radius 1 is 0.778 bits per heavy atom. The molecule has 2 aliphatic rings. The molecule has 2 heterocycles. The van der Waals surface area contributed by atoms with Gasteiger partial charge in [0.1, 0.15) is 36.4 Å². The van der Waals surface area contributed by atoms with Crippen LogP contribution in [0.3, 0.4) is 0 Å². The van der Waals surface area contributed by atoms with Crippen LogP contribution >= 0.6 is 23.2 Å². The maximum Gasteiger partial charge on any atom is 0.418 e. The number of methoxy groups -OCH3 is 1. The van der Waals surface area contributed by atoms with Crippen molar-refractivity contribution in [3.8, 4) is 0 Å². The molecule has 9 N–H and O–H groups in total. The first-order chi connectivity index (χ1) is 33.2. The number of benzene rings is 2. The standard InChI is InChI=1S/C42H38Cl2F10N4O13.H2O/c1-40(39(65)66)24(14-46)58(23(16-69-12-10-56)31(36(61)62)35(40)28-20(48)6-4-18(44)34(28)42(52,53)54)71-26(60)8-7-25(59)70-38(64)30-22(15-68-11-9-55)57-21(13-45)29(37(63)67-2)32(30)27-19(47)5-3-17(43)33(27)41(49,50)51;/h3-8,24,32,35,57H,9-16,55-56H2,1-2H3,(H,61,62)(H,65,66);1H2/b8-7-;. The van der Waals surface area contributed by atoms with Crippen LogP contribution < -0.4 is 16.8 Å². The molecule has 18 nitrogen and oxygen atoms in total. The van der Waals surface area contributed by atoms with Crippen molar-refractivity contribution in [3.05, 3.63) is 114 Å². The molecule has 4 rings (SSSR count). The second-order valence-corrected chi connectivity index (χ2v) is 15.7. The number of nitrogens with one attached hydrogen (secondary N) is 1. The van der Waals surface area contributed by atoms with Gasteiger partial charge >= 0.3 is 48.2 Å². The largest absolute Gasteiger partial charge is 0.481 e. The third-order valence-electron chi connectivity index (χ3n) is 10.7. The molecule has 2 aliphatic heterocycles. The van der Waals surface area contributed by atoms with Gasteiger partial charge in [0.25, 0.3) is 0 Å². The fourth-order valence-electron chi connectivity index (χ4n) is 7.79. The Morgan fingerprint density at radius 3 is 1.75 bits per heavy atom. The zero-order valence-corrected chi connectivity index (χ0v) is 38.4. The zero-order valence-electron chi connectivity index (χ0n) is 36.9. The maximum atomic E-state index is 15.8. The van der Waals surface area contributed by atoms with Crippen LogP contribution in [0.15, 0.2) is 70.2 Å². The highest BCUT2D eigenvalue weighted by Crippen LogP contribution is 2.56. The smallest absolute Gasteiger partial charge is 0.418 e. The highest BCUT2D eigenvalue weighted by molar-refractivity contribution is 6.32. The van der Waals surface area contributed by atoms with Crippen LogP contribution in [0.2, 0.25) is 10.0 Å². The summed E-state index contributed by atoms with van der Waals surface area (Å²) in [7, 11) is 0.688. The van der Waals surface area contributed by atoms with Crippen LogP contribution in [0.1, 0.15) is 41.0 Å². The first kappa shape index (κ1) is 60.0. The number of hydrogen-bond acceptors (Lipinski definition) is 15. The van der Waals surface area contributed by atoms with Gasteiger partial charge in [-0.3, -0.25) is 4.79 Å². The lowest BCUT2D eigenvalue weighted by atomic mass is 9.62. The van der Waals surface area contributed by atoms with Gasteiger partial charge in [-0.2, -0.15) is 26.3 Å². The third-order valence-corrected chi connectivity index (χ3v) is 11.4. The molecule has 0 radical (unpaired) electrons. The highest BCUT2D eigenvalue weighted by Gasteiger charge is 2.62. The molecule has 0 aliphatic carbocycles. The second-order valence-electron chi connectivity index (χ2n) is 14.9. The Morgan fingerprint density at radius 2 is 1.28 bits per heavy atom. The number of carboxylic acid groups (broad SMARTS) is 2. The molecule has 0 aromatic heterocycles. The van der Waals surface area contributed by atoms with E-state index in [2.05, 4.69) is 10.1 Å². The van der Waals surface area contributed by atoms with Crippen LogP contribution in [0.5, 0.6) is 0 Å². The monoisotopic (exact) mass is 1080 g/mol. The van der Waals surface area contributed by atoms with E-state index in [1.807, 2.05) is 0 Å². The van der Waals surface area contributed by atoms with Gasteiger partial charge in [0.05, 0.1) is 94.4 Å². The molecule has 0 spiro atoms. The molecule has 0 saturated heterocycles. The van der Waals surface area contributed by atoms with Crippen LogP contribution in [0.4, 0.5) is 43.9 Å². The van der Waals surface area contributed by atoms with Crippen molar-refractivity contribution in [3.63, 3.8) is 0 Å². The number of hydroxylamine groups is 2. The highest BCUT2D eigenvalue weighted by atomic mass is 35.5. The summed E-state index contributed by atoms with van der Waals surface area (Å²) in [4.78, 5) is 85.1. The topological polar surface area (TPSA) is 288 Å². The van der Waals surface area contributed by atoms with Crippen molar-refractivity contribution in [2.75, 3.05) is 60.0 Å². The van der Waals surface area contributed by atoms with Crippen molar-refractivity contribution in [1.82, 2.24) is 10.4 Å². The molecule has 0 bridgehead atoms. The fraction of sp³-hybridized carbons (Fsp3) is 0.381. The molecule has 72 heavy (non-hydrogen) atoms. The molecular weight excluding hydrogens is 1050 g/mol. The number of carbonyl (C=O) groups excluding carboxylic acids is 4. The average molecular weight is 1090 g/mol. The number of dihydropyridines is 1. The van der Waals surface area contributed by atoms with Crippen LogP contribution in [0, 0.1) is 17.0 Å². The van der Waals surface area contributed by atoms with E-state index in [1.165, 1.54) is 0 Å². The molecule has 2 aromatic carbocycles. The quantitative estimate of drug-likeness (QED) is 0.0418. The Labute approximate surface area is 408 Å². The SMILES string of the molecule is COC(=O)C1=C(CF)NC(COCCN)=C(C(=O)OC(=O)/C=C\C(=O)ON2C(COCCN)=C(C(=O)O)C(c3c(F)ccc(Cl)c3C(F)(F)F)C(C)(C(=O)O)C2CF)C1c1c(F)ccc(Cl)c1C(F)(F)F.O. The normalized spacial score (nSPS) is 19.5. The molecule has 0 fully saturated rings. The lowest BCUT2D eigenvalue weighted by Crippen LogP contribution is -2.60. The third kappa shape index (κ3) is 12.3. The average Bonchev–Trinajstić information content (AvgIpc) is 3.28. The van der Waals surface area contributed by atoms with E-state index in [0.29, 0.717) is 38.3 Å². The van der Waals surface area contributed by atoms with E-state index in [9.17, 15) is 69.7 Å². The number of halogens is 12. The predicted molar refractivity (Wildman–Crippen MR) is 225 cm³/mol. The number of rotatable bonds is 19. The Bertz CT molecular complexity index is 2590. The van der Waals surface area contributed by atoms with E-state index in [1.54, 1.807) is 0 Å². The zero-order chi connectivity index (χ0) is 53.5. The molecule has 2 aromatic rings. The fourth-order valence-corrected chi connectivity index (χ4v) is 8.33. The van der Waals surface area contributed by atoms with Crippen LogP contribution in [-0.2, 0) is 64.9 Å². The van der Waals surface area contributed by atoms with Gasteiger partial charge in [-0.05, 0) is 31.2 Å². The van der Waals surface area contributed by atoms with Crippen molar-refractivity contribution in [2.45, 2.75) is 37.2 Å². The van der Waals surface area contributed by atoms with Gasteiger partial charge in [0.2, 0.25) is 0 Å². The number of nitrogens with two attached hydrogens (primary N) is 2. The number of hydrogen-bond donors (Lipinski definition) is 5. The number of carboxylic acids is 2. The second kappa shape index (κ2) is 24.4. The Hall–Kier alpha value is -6.30. The number of aliphatic carboxylic acids is 2. The number of nitrogens with zero attached hydrogens (tertiary/aromatic N) is 1. The van der Waals surface area contributed by atoms with Crippen molar-refractivity contribution >= 4 is 59.0 Å². The summed E-state index contributed by atoms with van der Waals surface area (Å²) >= 11 is 11.7. The van der Waals surface area contributed by atoms with Crippen molar-refractivity contribution in [2.24, 2.45) is 16.9 Å². The minimum atomic E-state index is -5.61. The van der Waals surface area contributed by atoms with Crippen LogP contribution in [0.25, 0.3) is 0 Å². The number of allylic oxidation sites excluding steroid dienone is 1. The summed E-state index contributed by atoms with van der Waals surface area (Å²) < 4.78 is 169. The predicted octanol–water partition coefficient (Wildman–Crippen LogP) is 4.72. The summed E-state index contributed by atoms with van der Waals surface area (Å²) in [6.07, 6.45) is -11.1. The van der Waals surface area contributed by atoms with E-state index < -0.39 is 182 Å². The number of ether oxygens (including phenoxy) is 4. The van der Waals surface area contributed by atoms with E-state index in [-0.39, 0.29) is 42.4 Å². The number of esters is 3. The Kier molecular flexibility index (Phi) is 20.3. The molecule has 4 atom stereocenters. The minimum absolute atomic E-state index is 0. The summed E-state index contributed by atoms with van der Waals surface area (Å²) in [6, 6.07) is -0.920. The molecule has 396 valence electrons. The van der Waals surface area contributed by atoms with E-state index >= 15 is 13.2 Å². The number of alkyl halides is 8. The minimum Gasteiger partial charge on any atom is -0.481 e. The van der Waals surface area contributed by atoms with Gasteiger partial charge in [-0.15, -0.1) is 0 Å². The summed E-state index contributed by atoms with van der Waals surface area (Å²) in [6.45, 7) is -6.68. The summed E-state index contributed by atoms with van der Waals surface area (Å²) in [5, 5.41) is 20.9. The van der Waals surface area contributed by atoms with Gasteiger partial charge < -0.3 is 56.3 Å². The summed E-state index contributed by atoms with van der Waals surface area (Å²) in [5.41, 5.74) is -6.20. The first-order valence-corrected chi connectivity index (χ1v) is 20.7. The van der Waals surface area contributed by atoms with E-state index in [4.69, 9.17) is 53.7 Å². The van der Waals surface area contributed by atoms with Gasteiger partial charge in [-0.25, -0.2) is 46.6 Å². The molecule has 4 unspecified atom stereocenters. The lowest BCUT2D eigenvalue weighted by Gasteiger charge is -2.49. The molecule has 30 heteroatoms. The summed E-state index contributed by atoms with van der Waals surface area (Å²) in [5.74, 6) is -21.2. The van der Waals surface area contributed by atoms with Crippen LogP contribution in [-0.4, -0.2) is 123 Å². The number of carbonyl (C=O) groups is 6. The molecule has 0 saturated carbocycles. The van der Waals surface area contributed by atoms with Gasteiger partial charge in [-0.1, -0.05) is 23.2 Å². The van der Waals surface area contributed by atoms with Crippen molar-refractivity contribution < 1.29 is 112 Å². The van der Waals surface area contributed by atoms with Gasteiger partial charge in [0, 0.05) is 42.3 Å². The van der Waals surface area contributed by atoms with E-state index in [0.717, 1.165) is 0 Å². The maximum absolute atomic E-state index is 15.8. The van der Waals surface area contributed by atoms with Crippen molar-refractivity contribution in [1.29, 1.82) is 0 Å². The molecule has 0 amide bonds. The first-order valence-electron chi connectivity index (χ1n) is 19.9. The Balaban J connectivity index is 0.0000137. The van der Waals surface area contributed by atoms with Gasteiger partial charge in [0.15, 0.2) is 0 Å².